The van der Waals surface area contributed by atoms with Crippen molar-refractivity contribution in [2.24, 2.45) is 0 Å². The van der Waals surface area contributed by atoms with Gasteiger partial charge in [0.05, 0.1) is 0 Å². The van der Waals surface area contributed by atoms with E-state index in [9.17, 15) is 24.5 Å². The van der Waals surface area contributed by atoms with Gasteiger partial charge in [0, 0.05) is 16.2 Å². The molecule has 8 heteroatoms. The fourth-order valence-electron chi connectivity index (χ4n) is 1.87. The first-order valence-corrected chi connectivity index (χ1v) is 6.60. The van der Waals surface area contributed by atoms with Gasteiger partial charge in [-0.15, -0.1) is 0 Å². The van der Waals surface area contributed by atoms with Crippen LogP contribution in [-0.2, 0) is 9.59 Å². The normalized spacial score (nSPS) is 19.7. The van der Waals surface area contributed by atoms with E-state index in [0.29, 0.717) is 4.90 Å². The Hall–Kier alpha value is -2.22. The molecule has 0 aliphatic carbocycles. The quantitative estimate of drug-likeness (QED) is 0.610. The van der Waals surface area contributed by atoms with Crippen molar-refractivity contribution in [2.45, 2.75) is 12.1 Å². The number of benzene rings is 1. The lowest BCUT2D eigenvalue weighted by Gasteiger charge is -2.19. The van der Waals surface area contributed by atoms with Crippen LogP contribution in [0, 0.1) is 10.1 Å². The van der Waals surface area contributed by atoms with Gasteiger partial charge in [-0.3, -0.25) is 29.4 Å². The molecule has 1 saturated heterocycles. The minimum atomic E-state index is -1.70. The van der Waals surface area contributed by atoms with Crippen molar-refractivity contribution in [3.05, 3.63) is 46.0 Å². The van der Waals surface area contributed by atoms with Gasteiger partial charge in [0.1, 0.15) is 6.04 Å². The second-order valence-corrected chi connectivity index (χ2v) is 4.99. The van der Waals surface area contributed by atoms with Gasteiger partial charge in [0.25, 0.3) is 5.24 Å². The van der Waals surface area contributed by atoms with Crippen molar-refractivity contribution >= 4 is 29.2 Å². The van der Waals surface area contributed by atoms with Crippen molar-refractivity contribution in [3.8, 4) is 0 Å². The second kappa shape index (κ2) is 5.83. The number of hydrogen-bond donors (Lipinski definition) is 0. The maximum atomic E-state index is 12.2. The van der Waals surface area contributed by atoms with Gasteiger partial charge in [-0.05, 0) is 0 Å². The number of imide groups is 1. The number of carbonyl (C=O) groups excluding carboxylic acids is 3. The molecular weight excluding hydrogens is 284 g/mol. The predicted octanol–water partition coefficient (Wildman–Crippen LogP) is 1.18. The molecule has 1 aliphatic rings. The molecule has 0 N–H and O–H groups in total. The van der Waals surface area contributed by atoms with Crippen LogP contribution < -0.4 is 0 Å². The highest BCUT2D eigenvalue weighted by atomic mass is 32.2. The molecule has 0 saturated carbocycles. The zero-order chi connectivity index (χ0) is 14.7. The Morgan fingerprint density at radius 1 is 1.45 bits per heavy atom. The monoisotopic (exact) mass is 293 g/mol. The molecule has 103 valence electrons. The molecule has 2 atom stereocenters. The van der Waals surface area contributed by atoms with Crippen molar-refractivity contribution in [1.82, 2.24) is 4.90 Å². The van der Waals surface area contributed by atoms with E-state index in [4.69, 9.17) is 0 Å². The van der Waals surface area contributed by atoms with E-state index < -0.39 is 28.2 Å². The smallest absolute Gasteiger partial charge is 0.288 e. The molecule has 2 amide bonds. The van der Waals surface area contributed by atoms with Crippen LogP contribution in [0.15, 0.2) is 30.3 Å². The maximum Gasteiger partial charge on any atom is 0.315 e. The van der Waals surface area contributed by atoms with Crippen LogP contribution in [-0.4, -0.2) is 39.1 Å². The Morgan fingerprint density at radius 3 is 2.65 bits per heavy atom. The van der Waals surface area contributed by atoms with E-state index in [1.807, 2.05) is 0 Å². The molecule has 20 heavy (non-hydrogen) atoms. The zero-order valence-electron chi connectivity index (χ0n) is 10.1. The highest BCUT2D eigenvalue weighted by Gasteiger charge is 2.45. The fourth-order valence-corrected chi connectivity index (χ4v) is 2.75. The lowest BCUT2D eigenvalue weighted by Crippen LogP contribution is -2.44. The molecule has 1 aromatic carbocycles. The summed E-state index contributed by atoms with van der Waals surface area (Å²) < 4.78 is 0. The minimum absolute atomic E-state index is 0.0767. The zero-order valence-corrected chi connectivity index (χ0v) is 10.9. The van der Waals surface area contributed by atoms with Gasteiger partial charge in [-0.25, -0.2) is 0 Å². The summed E-state index contributed by atoms with van der Waals surface area (Å²) in [6.07, 6.45) is 1.56. The van der Waals surface area contributed by atoms with E-state index >= 15 is 0 Å². The molecule has 1 fully saturated rings. The van der Waals surface area contributed by atoms with Crippen LogP contribution in [0.25, 0.3) is 0 Å². The SMILES string of the molecule is O=[C]C1CSC(=O)N1C(=O)C(c1ccccc1)[N+](=O)[O-]. The number of hydrogen-bond acceptors (Lipinski definition) is 6. The Bertz CT molecular complexity index is 562. The van der Waals surface area contributed by atoms with Gasteiger partial charge in [-0.2, -0.15) is 0 Å². The Kier molecular flexibility index (Phi) is 4.14. The van der Waals surface area contributed by atoms with Gasteiger partial charge >= 0.3 is 11.9 Å². The average Bonchev–Trinajstić information content (AvgIpc) is 2.80. The Morgan fingerprint density at radius 2 is 2.10 bits per heavy atom. The molecule has 1 radical (unpaired) electrons. The Labute approximate surface area is 118 Å². The van der Waals surface area contributed by atoms with Crippen molar-refractivity contribution in [1.29, 1.82) is 0 Å². The molecule has 7 nitrogen and oxygen atoms in total. The summed E-state index contributed by atoms with van der Waals surface area (Å²) in [5, 5.41) is 10.5. The van der Waals surface area contributed by atoms with Crippen LogP contribution in [0.1, 0.15) is 11.6 Å². The standard InChI is InChI=1S/C12H9N2O5S/c15-6-9-7-20-12(17)13(9)11(16)10(14(18)19)8-4-2-1-3-5-8/h1-5,9-10H,7H2. The summed E-state index contributed by atoms with van der Waals surface area (Å²) >= 11 is 0.772. The minimum Gasteiger partial charge on any atom is -0.288 e. The molecule has 2 unspecified atom stereocenters. The number of carbonyl (C=O) groups is 2. The van der Waals surface area contributed by atoms with Gasteiger partial charge in [-0.1, -0.05) is 42.1 Å². The molecular formula is C12H9N2O5S. The fraction of sp³-hybridized carbons (Fsp3) is 0.250. The highest BCUT2D eigenvalue weighted by molar-refractivity contribution is 8.14. The van der Waals surface area contributed by atoms with Gasteiger partial charge in [0.15, 0.2) is 0 Å². The number of thioether (sulfide) groups is 1. The van der Waals surface area contributed by atoms with Crippen LogP contribution in [0.5, 0.6) is 0 Å². The van der Waals surface area contributed by atoms with Gasteiger partial charge < -0.3 is 0 Å². The molecule has 1 aliphatic heterocycles. The van der Waals surface area contributed by atoms with Crippen molar-refractivity contribution in [2.75, 3.05) is 5.75 Å². The molecule has 2 rings (SSSR count). The average molecular weight is 293 g/mol. The number of nitro groups is 1. The third-order valence-corrected chi connectivity index (χ3v) is 3.73. The molecule has 0 spiro atoms. The number of rotatable bonds is 4. The third-order valence-electron chi connectivity index (χ3n) is 2.81. The molecule has 0 bridgehead atoms. The first kappa shape index (κ1) is 14.2. The van der Waals surface area contributed by atoms with Crippen molar-refractivity contribution in [3.63, 3.8) is 0 Å². The van der Waals surface area contributed by atoms with E-state index in [1.165, 1.54) is 12.1 Å². The molecule has 1 aromatic rings. The first-order chi connectivity index (χ1) is 9.56. The van der Waals surface area contributed by atoms with E-state index in [-0.39, 0.29) is 11.3 Å². The number of nitrogens with zero attached hydrogens (tertiary/aromatic N) is 2. The Balaban J connectivity index is 2.35. The van der Waals surface area contributed by atoms with Crippen molar-refractivity contribution < 1.29 is 19.3 Å². The summed E-state index contributed by atoms with van der Waals surface area (Å²) in [5.74, 6) is -0.933. The second-order valence-electron chi connectivity index (χ2n) is 4.02. The lowest BCUT2D eigenvalue weighted by molar-refractivity contribution is -0.514. The molecule has 0 aromatic heterocycles. The summed E-state index contributed by atoms with van der Waals surface area (Å²) in [5.41, 5.74) is 0.164. The third kappa shape index (κ3) is 2.55. The topological polar surface area (TPSA) is 97.6 Å². The summed E-state index contributed by atoms with van der Waals surface area (Å²) in [6, 6.07) is 4.87. The summed E-state index contributed by atoms with van der Waals surface area (Å²) in [4.78, 5) is 45.6. The first-order valence-electron chi connectivity index (χ1n) is 5.62. The maximum absolute atomic E-state index is 12.2. The van der Waals surface area contributed by atoms with Crippen LogP contribution in [0.4, 0.5) is 4.79 Å². The molecule has 1 heterocycles. The number of amides is 2. The van der Waals surface area contributed by atoms with E-state index in [1.54, 1.807) is 24.5 Å². The summed E-state index contributed by atoms with van der Waals surface area (Å²) in [6.45, 7) is 0. The van der Waals surface area contributed by atoms with Crippen LogP contribution >= 0.6 is 11.8 Å². The van der Waals surface area contributed by atoms with E-state index in [2.05, 4.69) is 0 Å². The predicted molar refractivity (Wildman–Crippen MR) is 70.4 cm³/mol. The highest BCUT2D eigenvalue weighted by Crippen LogP contribution is 2.28. The van der Waals surface area contributed by atoms with Crippen LogP contribution in [0.2, 0.25) is 0 Å². The van der Waals surface area contributed by atoms with E-state index in [0.717, 1.165) is 11.8 Å². The lowest BCUT2D eigenvalue weighted by atomic mass is 10.1. The summed E-state index contributed by atoms with van der Waals surface area (Å²) in [7, 11) is 0. The van der Waals surface area contributed by atoms with Crippen LogP contribution in [0.3, 0.4) is 0 Å². The largest absolute Gasteiger partial charge is 0.315 e. The van der Waals surface area contributed by atoms with Gasteiger partial charge in [0.2, 0.25) is 6.29 Å².